The van der Waals surface area contributed by atoms with E-state index in [4.69, 9.17) is 0 Å². The second-order valence-electron chi connectivity index (χ2n) is 2.96. The van der Waals surface area contributed by atoms with Crippen molar-refractivity contribution >= 4 is 22.7 Å². The zero-order chi connectivity index (χ0) is 10.1. The van der Waals surface area contributed by atoms with Crippen molar-refractivity contribution < 1.29 is 9.18 Å². The zero-order valence-corrected chi connectivity index (χ0v) is 7.49. The van der Waals surface area contributed by atoms with Crippen molar-refractivity contribution in [3.8, 4) is 0 Å². The van der Waals surface area contributed by atoms with Gasteiger partial charge in [0.05, 0.1) is 5.52 Å². The molecule has 3 nitrogen and oxygen atoms in total. The number of hydrogen-bond donors (Lipinski definition) is 0. The maximum absolute atomic E-state index is 13.6. The molecule has 1 aromatic carbocycles. The third-order valence-corrected chi connectivity index (χ3v) is 2.15. The lowest BCUT2D eigenvalue weighted by atomic mass is 10.2. The molecule has 0 radical (unpaired) electrons. The SMILES string of the molecule is Cn1ccc2c(F)c(N=C=O)ccc21. The van der Waals surface area contributed by atoms with Gasteiger partial charge in [0, 0.05) is 18.6 Å². The van der Waals surface area contributed by atoms with Gasteiger partial charge in [-0.25, -0.2) is 9.18 Å². The largest absolute Gasteiger partial charge is 0.350 e. The Morgan fingerprint density at radius 1 is 1.43 bits per heavy atom. The molecule has 14 heavy (non-hydrogen) atoms. The van der Waals surface area contributed by atoms with Crippen molar-refractivity contribution in [1.82, 2.24) is 4.57 Å². The molecular formula is C10H7FN2O. The highest BCUT2D eigenvalue weighted by Gasteiger charge is 2.08. The summed E-state index contributed by atoms with van der Waals surface area (Å²) < 4.78 is 15.4. The molecule has 0 unspecified atom stereocenters. The maximum atomic E-state index is 13.6. The highest BCUT2D eigenvalue weighted by molar-refractivity contribution is 5.84. The number of carbonyl (C=O) groups excluding carboxylic acids is 1. The number of halogens is 1. The minimum Gasteiger partial charge on any atom is -0.350 e. The van der Waals surface area contributed by atoms with Gasteiger partial charge in [-0.15, -0.1) is 0 Å². The van der Waals surface area contributed by atoms with Crippen LogP contribution in [0.4, 0.5) is 10.1 Å². The number of aromatic nitrogens is 1. The van der Waals surface area contributed by atoms with E-state index in [1.54, 1.807) is 22.9 Å². The Morgan fingerprint density at radius 2 is 2.21 bits per heavy atom. The van der Waals surface area contributed by atoms with Gasteiger partial charge in [0.15, 0.2) is 5.82 Å². The summed E-state index contributed by atoms with van der Waals surface area (Å²) in [6.07, 6.45) is 3.08. The van der Waals surface area contributed by atoms with Crippen LogP contribution in [0.25, 0.3) is 10.9 Å². The zero-order valence-electron chi connectivity index (χ0n) is 7.49. The Kier molecular flexibility index (Phi) is 1.91. The molecule has 70 valence electrons. The van der Waals surface area contributed by atoms with Gasteiger partial charge in [0.1, 0.15) is 5.69 Å². The van der Waals surface area contributed by atoms with Crippen LogP contribution in [-0.2, 0) is 11.8 Å². The summed E-state index contributed by atoms with van der Waals surface area (Å²) in [5.74, 6) is -0.480. The van der Waals surface area contributed by atoms with Gasteiger partial charge in [-0.1, -0.05) is 0 Å². The standard InChI is InChI=1S/C10H7FN2O/c1-13-5-4-7-9(13)3-2-8(10(7)11)12-6-14/h2-5H,1H3. The summed E-state index contributed by atoms with van der Waals surface area (Å²) >= 11 is 0. The second kappa shape index (κ2) is 3.09. The average Bonchev–Trinajstić information content (AvgIpc) is 2.54. The smallest absolute Gasteiger partial charge is 0.240 e. The van der Waals surface area contributed by atoms with Crippen molar-refractivity contribution in [3.63, 3.8) is 0 Å². The van der Waals surface area contributed by atoms with Crippen molar-refractivity contribution in [2.75, 3.05) is 0 Å². The van der Waals surface area contributed by atoms with E-state index < -0.39 is 5.82 Å². The van der Waals surface area contributed by atoms with E-state index in [2.05, 4.69) is 4.99 Å². The topological polar surface area (TPSA) is 34.4 Å². The van der Waals surface area contributed by atoms with Crippen molar-refractivity contribution in [2.24, 2.45) is 12.0 Å². The third kappa shape index (κ3) is 1.13. The number of benzene rings is 1. The first kappa shape index (κ1) is 8.66. The number of hydrogen-bond acceptors (Lipinski definition) is 2. The predicted octanol–water partition coefficient (Wildman–Crippen LogP) is 2.28. The Bertz CT molecular complexity index is 538. The highest BCUT2D eigenvalue weighted by Crippen LogP contribution is 2.26. The molecule has 0 aliphatic rings. The molecule has 0 saturated heterocycles. The van der Waals surface area contributed by atoms with E-state index in [9.17, 15) is 9.18 Å². The van der Waals surface area contributed by atoms with Crippen LogP contribution in [0.5, 0.6) is 0 Å². The van der Waals surface area contributed by atoms with Crippen molar-refractivity contribution in [3.05, 3.63) is 30.2 Å². The van der Waals surface area contributed by atoms with Crippen LogP contribution >= 0.6 is 0 Å². The highest BCUT2D eigenvalue weighted by atomic mass is 19.1. The fourth-order valence-electron chi connectivity index (χ4n) is 1.44. The molecular weight excluding hydrogens is 183 g/mol. The predicted molar refractivity (Wildman–Crippen MR) is 50.7 cm³/mol. The van der Waals surface area contributed by atoms with Crippen LogP contribution in [0, 0.1) is 5.82 Å². The lowest BCUT2D eigenvalue weighted by molar-refractivity contribution is 0.564. The Hall–Kier alpha value is -1.93. The molecule has 0 aliphatic carbocycles. The Labute approximate surface area is 79.5 Å². The van der Waals surface area contributed by atoms with Gasteiger partial charge in [0.25, 0.3) is 0 Å². The average molecular weight is 190 g/mol. The van der Waals surface area contributed by atoms with Crippen LogP contribution in [0.2, 0.25) is 0 Å². The van der Waals surface area contributed by atoms with Crippen molar-refractivity contribution in [1.29, 1.82) is 0 Å². The number of aryl methyl sites for hydroxylation is 1. The quantitative estimate of drug-likeness (QED) is 0.501. The molecule has 0 amide bonds. The first-order valence-electron chi connectivity index (χ1n) is 4.05. The van der Waals surface area contributed by atoms with Crippen LogP contribution in [0.3, 0.4) is 0 Å². The number of rotatable bonds is 1. The number of fused-ring (bicyclic) bond motifs is 1. The normalized spacial score (nSPS) is 10.1. The molecule has 2 rings (SSSR count). The van der Waals surface area contributed by atoms with Gasteiger partial charge in [-0.2, -0.15) is 4.99 Å². The Morgan fingerprint density at radius 3 is 2.93 bits per heavy atom. The molecule has 1 aromatic heterocycles. The maximum Gasteiger partial charge on any atom is 0.240 e. The first-order chi connectivity index (χ1) is 6.74. The summed E-state index contributed by atoms with van der Waals surface area (Å²) in [6, 6.07) is 4.83. The number of isocyanates is 1. The van der Waals surface area contributed by atoms with E-state index in [0.29, 0.717) is 5.39 Å². The van der Waals surface area contributed by atoms with E-state index in [0.717, 1.165) is 5.52 Å². The fraction of sp³-hybridized carbons (Fsp3) is 0.100. The molecule has 0 atom stereocenters. The van der Waals surface area contributed by atoms with E-state index in [1.165, 1.54) is 12.1 Å². The number of aliphatic imine (C=N–C) groups is 1. The van der Waals surface area contributed by atoms with Gasteiger partial charge in [0.2, 0.25) is 6.08 Å². The monoisotopic (exact) mass is 190 g/mol. The Balaban J connectivity index is 2.82. The van der Waals surface area contributed by atoms with E-state index in [1.807, 2.05) is 7.05 Å². The van der Waals surface area contributed by atoms with Crippen molar-refractivity contribution in [2.45, 2.75) is 0 Å². The van der Waals surface area contributed by atoms with Gasteiger partial charge >= 0.3 is 0 Å². The van der Waals surface area contributed by atoms with E-state index >= 15 is 0 Å². The fourth-order valence-corrected chi connectivity index (χ4v) is 1.44. The van der Waals surface area contributed by atoms with Gasteiger partial charge in [-0.3, -0.25) is 0 Å². The van der Waals surface area contributed by atoms with Crippen LogP contribution in [0.15, 0.2) is 29.4 Å². The minimum absolute atomic E-state index is 0.0266. The number of nitrogens with zero attached hydrogens (tertiary/aromatic N) is 2. The molecule has 0 bridgehead atoms. The molecule has 0 spiro atoms. The lowest BCUT2D eigenvalue weighted by Crippen LogP contribution is -1.84. The van der Waals surface area contributed by atoms with Gasteiger partial charge < -0.3 is 4.57 Å². The van der Waals surface area contributed by atoms with Crippen LogP contribution in [-0.4, -0.2) is 10.6 Å². The van der Waals surface area contributed by atoms with Crippen LogP contribution in [0.1, 0.15) is 0 Å². The molecule has 2 aromatic rings. The minimum atomic E-state index is -0.480. The van der Waals surface area contributed by atoms with Crippen LogP contribution < -0.4 is 0 Å². The summed E-state index contributed by atoms with van der Waals surface area (Å²) in [7, 11) is 1.82. The molecule has 4 heteroatoms. The summed E-state index contributed by atoms with van der Waals surface area (Å²) in [4.78, 5) is 13.3. The third-order valence-electron chi connectivity index (χ3n) is 2.15. The summed E-state index contributed by atoms with van der Waals surface area (Å²) in [5.41, 5.74) is 0.797. The molecule has 0 N–H and O–H groups in total. The molecule has 0 aliphatic heterocycles. The molecule has 0 saturated carbocycles. The van der Waals surface area contributed by atoms with E-state index in [-0.39, 0.29) is 5.69 Å². The summed E-state index contributed by atoms with van der Waals surface area (Å²) in [5, 5.41) is 0.462. The first-order valence-corrected chi connectivity index (χ1v) is 4.05. The second-order valence-corrected chi connectivity index (χ2v) is 2.96. The lowest BCUT2D eigenvalue weighted by Gasteiger charge is -1.98. The molecule has 1 heterocycles. The summed E-state index contributed by atoms with van der Waals surface area (Å²) in [6.45, 7) is 0. The van der Waals surface area contributed by atoms with Gasteiger partial charge in [-0.05, 0) is 18.2 Å². The molecule has 0 fully saturated rings.